The van der Waals surface area contributed by atoms with Crippen LogP contribution >= 0.6 is 0 Å². The highest BCUT2D eigenvalue weighted by molar-refractivity contribution is 6.74. The normalized spacial score (nSPS) is 12.3. The predicted molar refractivity (Wildman–Crippen MR) is 93.4 cm³/mol. The van der Waals surface area contributed by atoms with E-state index < -0.39 is 13.2 Å². The lowest BCUT2D eigenvalue weighted by Crippen LogP contribution is -2.43. The molecule has 0 N–H and O–H groups in total. The number of nitrogens with zero attached hydrogens (tertiary/aromatic N) is 1. The van der Waals surface area contributed by atoms with Gasteiger partial charge in [-0.15, -0.1) is 0 Å². The first-order chi connectivity index (χ1) is 10.5. The molecular formula is C16H25NO5Si. The highest BCUT2D eigenvalue weighted by Crippen LogP contribution is 2.44. The monoisotopic (exact) mass is 339 g/mol. The molecule has 0 spiro atoms. The summed E-state index contributed by atoms with van der Waals surface area (Å²) < 4.78 is 17.1. The van der Waals surface area contributed by atoms with Gasteiger partial charge in [0.1, 0.15) is 0 Å². The van der Waals surface area contributed by atoms with Crippen LogP contribution in [0, 0.1) is 10.1 Å². The minimum absolute atomic E-state index is 0.0118. The molecule has 0 unspecified atom stereocenters. The average molecular weight is 339 g/mol. The van der Waals surface area contributed by atoms with Crippen LogP contribution in [0.1, 0.15) is 26.3 Å². The Labute approximate surface area is 138 Å². The summed E-state index contributed by atoms with van der Waals surface area (Å²) in [5, 5.41) is 10.5. The Balaban J connectivity index is 3.38. The van der Waals surface area contributed by atoms with Gasteiger partial charge < -0.3 is 13.9 Å². The molecule has 7 heteroatoms. The summed E-state index contributed by atoms with van der Waals surface area (Å²) in [5.41, 5.74) is 0.619. The summed E-state index contributed by atoms with van der Waals surface area (Å²) in [4.78, 5) is 10.0. The molecule has 23 heavy (non-hydrogen) atoms. The second kappa shape index (κ2) is 7.04. The van der Waals surface area contributed by atoms with Crippen molar-refractivity contribution < 1.29 is 18.8 Å². The Hall–Kier alpha value is -2.02. The summed E-state index contributed by atoms with van der Waals surface area (Å²) in [6.45, 7) is 10.7. The van der Waals surface area contributed by atoms with Crippen LogP contribution in [0.5, 0.6) is 17.2 Å². The van der Waals surface area contributed by atoms with E-state index in [2.05, 4.69) is 33.9 Å². The molecule has 1 aromatic carbocycles. The topological polar surface area (TPSA) is 70.8 Å². The van der Waals surface area contributed by atoms with Gasteiger partial charge in [-0.1, -0.05) is 20.8 Å². The number of benzene rings is 1. The zero-order valence-corrected chi connectivity index (χ0v) is 15.8. The Bertz CT molecular complexity index is 605. The Morgan fingerprint density at radius 3 is 2.13 bits per heavy atom. The van der Waals surface area contributed by atoms with Crippen LogP contribution in [-0.4, -0.2) is 27.5 Å². The molecule has 0 amide bonds. The van der Waals surface area contributed by atoms with E-state index in [4.69, 9.17) is 13.9 Å². The molecule has 0 saturated carbocycles. The highest BCUT2D eigenvalue weighted by Gasteiger charge is 2.39. The van der Waals surface area contributed by atoms with Gasteiger partial charge in [-0.05, 0) is 35.8 Å². The van der Waals surface area contributed by atoms with E-state index in [0.717, 1.165) is 6.20 Å². The first kappa shape index (κ1) is 19.0. The minimum Gasteiger partial charge on any atom is -0.541 e. The SMILES string of the molecule is COc1cc(/C=C/[N+](=O)[O-])cc(O[Si](C)(C)C(C)(C)C)c1OC. The number of rotatable bonds is 6. The summed E-state index contributed by atoms with van der Waals surface area (Å²) >= 11 is 0. The van der Waals surface area contributed by atoms with Gasteiger partial charge in [0, 0.05) is 6.08 Å². The van der Waals surface area contributed by atoms with Gasteiger partial charge >= 0.3 is 0 Å². The first-order valence-corrected chi connectivity index (χ1v) is 10.2. The van der Waals surface area contributed by atoms with Gasteiger partial charge in [0.15, 0.2) is 11.5 Å². The number of ether oxygens (including phenoxy) is 2. The number of hydrogen-bond donors (Lipinski definition) is 0. The van der Waals surface area contributed by atoms with E-state index in [-0.39, 0.29) is 5.04 Å². The van der Waals surface area contributed by atoms with E-state index in [0.29, 0.717) is 22.8 Å². The molecule has 0 bridgehead atoms. The standard InChI is InChI=1S/C16H25NO5Si/c1-16(2,3)23(6,7)22-14-11-12(8-9-17(18)19)10-13(20-4)15(14)21-5/h8-11H,1-7H3/b9-8+. The van der Waals surface area contributed by atoms with Crippen LogP contribution in [0.4, 0.5) is 0 Å². The van der Waals surface area contributed by atoms with Gasteiger partial charge in [-0.25, -0.2) is 0 Å². The van der Waals surface area contributed by atoms with Crippen molar-refractivity contribution in [3.05, 3.63) is 34.0 Å². The fraction of sp³-hybridized carbons (Fsp3) is 0.500. The van der Waals surface area contributed by atoms with Crippen LogP contribution in [-0.2, 0) is 0 Å². The predicted octanol–water partition coefficient (Wildman–Crippen LogP) is 4.34. The van der Waals surface area contributed by atoms with Crippen LogP contribution < -0.4 is 13.9 Å². The molecule has 6 nitrogen and oxygen atoms in total. The van der Waals surface area contributed by atoms with Gasteiger partial charge in [0.2, 0.25) is 11.9 Å². The largest absolute Gasteiger partial charge is 0.541 e. The zero-order valence-electron chi connectivity index (χ0n) is 14.8. The molecule has 0 radical (unpaired) electrons. The van der Waals surface area contributed by atoms with Gasteiger partial charge in [-0.3, -0.25) is 10.1 Å². The summed E-state index contributed by atoms with van der Waals surface area (Å²) in [7, 11) is 0.977. The molecule has 128 valence electrons. The third kappa shape index (κ3) is 4.72. The maximum atomic E-state index is 10.5. The smallest absolute Gasteiger partial charge is 0.250 e. The first-order valence-electron chi connectivity index (χ1n) is 7.28. The third-order valence-electron chi connectivity index (χ3n) is 4.03. The van der Waals surface area contributed by atoms with E-state index in [1.807, 2.05) is 0 Å². The van der Waals surface area contributed by atoms with Crippen molar-refractivity contribution in [3.63, 3.8) is 0 Å². The van der Waals surface area contributed by atoms with Crippen molar-refractivity contribution in [2.24, 2.45) is 0 Å². The second-order valence-electron chi connectivity index (χ2n) is 6.72. The molecular weight excluding hydrogens is 314 g/mol. The lowest BCUT2D eigenvalue weighted by atomic mass is 10.2. The molecule has 0 aliphatic carbocycles. The third-order valence-corrected chi connectivity index (χ3v) is 8.37. The van der Waals surface area contributed by atoms with Crippen LogP contribution in [0.3, 0.4) is 0 Å². The second-order valence-corrected chi connectivity index (χ2v) is 11.4. The Morgan fingerprint density at radius 1 is 1.13 bits per heavy atom. The quantitative estimate of drug-likeness (QED) is 0.438. The van der Waals surface area contributed by atoms with Crippen LogP contribution in [0.25, 0.3) is 6.08 Å². The fourth-order valence-electron chi connectivity index (χ4n) is 1.70. The molecule has 0 saturated heterocycles. The number of hydrogen-bond acceptors (Lipinski definition) is 5. The van der Waals surface area contributed by atoms with Crippen molar-refractivity contribution in [2.75, 3.05) is 14.2 Å². The van der Waals surface area contributed by atoms with E-state index in [1.54, 1.807) is 19.2 Å². The van der Waals surface area contributed by atoms with Gasteiger partial charge in [-0.2, -0.15) is 0 Å². The average Bonchev–Trinajstić information content (AvgIpc) is 2.42. The molecule has 0 atom stereocenters. The Kier molecular flexibility index (Phi) is 5.82. The zero-order chi connectivity index (χ0) is 17.8. The minimum atomic E-state index is -2.09. The molecule has 0 aromatic heterocycles. The van der Waals surface area contributed by atoms with Gasteiger partial charge in [0.05, 0.1) is 19.1 Å². The van der Waals surface area contributed by atoms with Gasteiger partial charge in [0.25, 0.3) is 8.32 Å². The summed E-state index contributed by atoms with van der Waals surface area (Å²) in [6, 6.07) is 3.42. The lowest BCUT2D eigenvalue weighted by Gasteiger charge is -2.37. The molecule has 0 aliphatic rings. The lowest BCUT2D eigenvalue weighted by molar-refractivity contribution is -0.400. The Morgan fingerprint density at radius 2 is 1.70 bits per heavy atom. The van der Waals surface area contributed by atoms with E-state index in [9.17, 15) is 10.1 Å². The molecule has 1 rings (SSSR count). The van der Waals surface area contributed by atoms with E-state index >= 15 is 0 Å². The van der Waals surface area contributed by atoms with Crippen molar-refractivity contribution in [1.82, 2.24) is 0 Å². The van der Waals surface area contributed by atoms with Crippen molar-refractivity contribution in [2.45, 2.75) is 38.9 Å². The van der Waals surface area contributed by atoms with Crippen LogP contribution in [0.2, 0.25) is 18.1 Å². The maximum Gasteiger partial charge on any atom is 0.250 e. The van der Waals surface area contributed by atoms with Crippen molar-refractivity contribution >= 4 is 14.4 Å². The number of nitro groups is 1. The molecule has 0 aliphatic heterocycles. The summed E-state index contributed by atoms with van der Waals surface area (Å²) in [6.07, 6.45) is 2.29. The van der Waals surface area contributed by atoms with Crippen molar-refractivity contribution in [3.8, 4) is 17.2 Å². The summed E-state index contributed by atoms with van der Waals surface area (Å²) in [5.74, 6) is 1.52. The van der Waals surface area contributed by atoms with Crippen LogP contribution in [0.15, 0.2) is 18.3 Å². The molecule has 0 fully saturated rings. The van der Waals surface area contributed by atoms with E-state index in [1.165, 1.54) is 13.2 Å². The molecule has 0 heterocycles. The van der Waals surface area contributed by atoms with Crippen molar-refractivity contribution in [1.29, 1.82) is 0 Å². The highest BCUT2D eigenvalue weighted by atomic mass is 28.4. The maximum absolute atomic E-state index is 10.5. The molecule has 1 aromatic rings. The number of methoxy groups -OCH3 is 2. The fourth-order valence-corrected chi connectivity index (χ4v) is 2.70.